The summed E-state index contributed by atoms with van der Waals surface area (Å²) >= 11 is 0. The van der Waals surface area contributed by atoms with Gasteiger partial charge in [-0.25, -0.2) is 0 Å². The van der Waals surface area contributed by atoms with Gasteiger partial charge in [0.2, 0.25) is 11.8 Å². The maximum absolute atomic E-state index is 13.4. The molecule has 3 rings (SSSR count). The van der Waals surface area contributed by atoms with Gasteiger partial charge in [-0.2, -0.15) is 0 Å². The Hall–Kier alpha value is -3.28. The van der Waals surface area contributed by atoms with E-state index in [1.54, 1.807) is 16.1 Å². The van der Waals surface area contributed by atoms with E-state index in [1.807, 2.05) is 86.3 Å². The second kappa shape index (κ2) is 11.4. The molecule has 1 atom stereocenters. The van der Waals surface area contributed by atoms with Crippen LogP contribution in [0.5, 0.6) is 0 Å². The first-order valence-corrected chi connectivity index (χ1v) is 11.3. The molecule has 0 N–H and O–H groups in total. The maximum atomic E-state index is 13.4. The number of furan rings is 1. The molecule has 2 amide bonds. The predicted molar refractivity (Wildman–Crippen MR) is 125 cm³/mol. The van der Waals surface area contributed by atoms with Crippen molar-refractivity contribution < 1.29 is 14.0 Å². The van der Waals surface area contributed by atoms with Gasteiger partial charge in [0.25, 0.3) is 0 Å². The molecule has 32 heavy (non-hydrogen) atoms. The van der Waals surface area contributed by atoms with Crippen LogP contribution in [0, 0.1) is 0 Å². The summed E-state index contributed by atoms with van der Waals surface area (Å²) in [6.07, 6.45) is 5.06. The molecule has 0 aliphatic carbocycles. The molecular weight excluding hydrogens is 402 g/mol. The molecule has 0 saturated carbocycles. The molecule has 1 aromatic carbocycles. The van der Waals surface area contributed by atoms with Crippen molar-refractivity contribution >= 4 is 11.8 Å². The lowest BCUT2D eigenvalue weighted by molar-refractivity contribution is -0.142. The van der Waals surface area contributed by atoms with E-state index in [2.05, 4.69) is 0 Å². The van der Waals surface area contributed by atoms with E-state index in [0.29, 0.717) is 26.1 Å². The van der Waals surface area contributed by atoms with E-state index < -0.39 is 0 Å². The highest BCUT2D eigenvalue weighted by molar-refractivity contribution is 5.88. The number of nitrogens with zero attached hydrogens (tertiary/aromatic N) is 3. The molecule has 0 aliphatic rings. The Labute approximate surface area is 190 Å². The fourth-order valence-corrected chi connectivity index (χ4v) is 3.94. The minimum atomic E-state index is -0.248. The van der Waals surface area contributed by atoms with Crippen molar-refractivity contribution in [2.75, 3.05) is 13.1 Å². The molecule has 2 heterocycles. The summed E-state index contributed by atoms with van der Waals surface area (Å²) in [4.78, 5) is 30.3. The topological polar surface area (TPSA) is 58.7 Å². The van der Waals surface area contributed by atoms with Crippen LogP contribution in [0.4, 0.5) is 0 Å². The molecule has 0 fully saturated rings. The van der Waals surface area contributed by atoms with E-state index in [4.69, 9.17) is 4.42 Å². The molecular formula is C26H33N3O3. The monoisotopic (exact) mass is 435 g/mol. The Bertz CT molecular complexity index is 979. The average molecular weight is 436 g/mol. The Kier molecular flexibility index (Phi) is 8.31. The maximum Gasteiger partial charge on any atom is 0.242 e. The van der Waals surface area contributed by atoms with Crippen molar-refractivity contribution in [3.8, 4) is 0 Å². The number of rotatable bonds is 11. The third-order valence-corrected chi connectivity index (χ3v) is 5.72. The van der Waals surface area contributed by atoms with E-state index in [9.17, 15) is 9.59 Å². The first-order chi connectivity index (χ1) is 15.5. The summed E-state index contributed by atoms with van der Waals surface area (Å²) in [6, 6.07) is 17.5. The van der Waals surface area contributed by atoms with E-state index in [0.717, 1.165) is 23.4 Å². The zero-order valence-corrected chi connectivity index (χ0v) is 19.2. The molecule has 3 aromatic rings. The van der Waals surface area contributed by atoms with Gasteiger partial charge in [-0.3, -0.25) is 9.59 Å². The van der Waals surface area contributed by atoms with Crippen molar-refractivity contribution in [2.24, 2.45) is 7.05 Å². The smallest absolute Gasteiger partial charge is 0.242 e. The van der Waals surface area contributed by atoms with Crippen LogP contribution in [0.1, 0.15) is 49.6 Å². The zero-order chi connectivity index (χ0) is 22.9. The number of carbonyl (C=O) groups is 2. The second-order valence-electron chi connectivity index (χ2n) is 8.07. The molecule has 0 bridgehead atoms. The number of benzene rings is 1. The lowest BCUT2D eigenvalue weighted by atomic mass is 9.95. The number of aryl methyl sites for hydroxylation is 1. The van der Waals surface area contributed by atoms with Gasteiger partial charge in [0.05, 0.1) is 31.8 Å². The lowest BCUT2D eigenvalue weighted by Crippen LogP contribution is -2.44. The normalized spacial score (nSPS) is 11.8. The summed E-state index contributed by atoms with van der Waals surface area (Å²) in [5, 5.41) is 0. The predicted octanol–water partition coefficient (Wildman–Crippen LogP) is 4.58. The van der Waals surface area contributed by atoms with Gasteiger partial charge < -0.3 is 18.8 Å². The number of aromatic nitrogens is 1. The molecule has 6 heteroatoms. The van der Waals surface area contributed by atoms with Crippen LogP contribution in [0.15, 0.2) is 71.5 Å². The summed E-state index contributed by atoms with van der Waals surface area (Å²) in [5.74, 6) is 0.386. The van der Waals surface area contributed by atoms with Gasteiger partial charge in [-0.15, -0.1) is 0 Å². The second-order valence-corrected chi connectivity index (χ2v) is 8.07. The standard InChI is InChI=1S/C26H33N3O3/c1-4-15-28(26(31)24(5-2)21-11-7-6-8-12-21)20-25(30)29(19-23-14-10-17-32-23)18-22-13-9-16-27(22)3/h6-14,16-17,24H,4-5,15,18-20H2,1-3H3. The molecule has 0 radical (unpaired) electrons. The molecule has 0 saturated heterocycles. The molecule has 1 unspecified atom stereocenters. The quantitative estimate of drug-likeness (QED) is 0.443. The van der Waals surface area contributed by atoms with Crippen molar-refractivity contribution in [1.29, 1.82) is 0 Å². The highest BCUT2D eigenvalue weighted by Crippen LogP contribution is 2.22. The molecule has 2 aromatic heterocycles. The van der Waals surface area contributed by atoms with Crippen LogP contribution in [-0.4, -0.2) is 39.3 Å². The minimum Gasteiger partial charge on any atom is -0.467 e. The first-order valence-electron chi connectivity index (χ1n) is 11.3. The van der Waals surface area contributed by atoms with Gasteiger partial charge in [0.15, 0.2) is 0 Å². The Balaban J connectivity index is 1.78. The van der Waals surface area contributed by atoms with Gasteiger partial charge in [0, 0.05) is 25.5 Å². The average Bonchev–Trinajstić information content (AvgIpc) is 3.46. The third-order valence-electron chi connectivity index (χ3n) is 5.72. The molecule has 170 valence electrons. The van der Waals surface area contributed by atoms with Gasteiger partial charge >= 0.3 is 0 Å². The van der Waals surface area contributed by atoms with Crippen LogP contribution in [0.2, 0.25) is 0 Å². The minimum absolute atomic E-state index is 0.00529. The van der Waals surface area contributed by atoms with E-state index in [-0.39, 0.29) is 24.3 Å². The summed E-state index contributed by atoms with van der Waals surface area (Å²) < 4.78 is 7.50. The highest BCUT2D eigenvalue weighted by Gasteiger charge is 2.27. The number of hydrogen-bond acceptors (Lipinski definition) is 3. The first kappa shape index (κ1) is 23.4. The van der Waals surface area contributed by atoms with Crippen molar-refractivity contribution in [2.45, 2.75) is 45.7 Å². The molecule has 0 spiro atoms. The van der Waals surface area contributed by atoms with E-state index >= 15 is 0 Å². The SMILES string of the molecule is CCCN(CC(=O)N(Cc1ccco1)Cc1cccn1C)C(=O)C(CC)c1ccccc1. The fourth-order valence-electron chi connectivity index (χ4n) is 3.94. The van der Waals surface area contributed by atoms with Crippen LogP contribution >= 0.6 is 0 Å². The van der Waals surface area contributed by atoms with Crippen LogP contribution in [0.3, 0.4) is 0 Å². The van der Waals surface area contributed by atoms with Crippen molar-refractivity contribution in [3.05, 3.63) is 84.1 Å². The van der Waals surface area contributed by atoms with Crippen LogP contribution < -0.4 is 0 Å². The van der Waals surface area contributed by atoms with Crippen molar-refractivity contribution in [3.63, 3.8) is 0 Å². The molecule has 6 nitrogen and oxygen atoms in total. The Morgan fingerprint density at radius 1 is 0.969 bits per heavy atom. The van der Waals surface area contributed by atoms with Crippen molar-refractivity contribution in [1.82, 2.24) is 14.4 Å². The molecule has 0 aliphatic heterocycles. The third kappa shape index (κ3) is 5.90. The van der Waals surface area contributed by atoms with Gasteiger partial charge in [0.1, 0.15) is 5.76 Å². The lowest BCUT2D eigenvalue weighted by Gasteiger charge is -2.29. The Morgan fingerprint density at radius 3 is 2.34 bits per heavy atom. The number of carbonyl (C=O) groups excluding carboxylic acids is 2. The van der Waals surface area contributed by atoms with Crippen LogP contribution in [0.25, 0.3) is 0 Å². The zero-order valence-electron chi connectivity index (χ0n) is 19.2. The van der Waals surface area contributed by atoms with Gasteiger partial charge in [-0.1, -0.05) is 44.2 Å². The van der Waals surface area contributed by atoms with Gasteiger partial charge in [-0.05, 0) is 42.7 Å². The summed E-state index contributed by atoms with van der Waals surface area (Å²) in [6.45, 7) is 5.46. The van der Waals surface area contributed by atoms with Crippen LogP contribution in [-0.2, 0) is 29.7 Å². The number of hydrogen-bond donors (Lipinski definition) is 0. The summed E-state index contributed by atoms with van der Waals surface area (Å²) in [7, 11) is 1.96. The van der Waals surface area contributed by atoms with E-state index in [1.165, 1.54) is 0 Å². The largest absolute Gasteiger partial charge is 0.467 e. The number of amides is 2. The Morgan fingerprint density at radius 2 is 1.75 bits per heavy atom. The summed E-state index contributed by atoms with van der Waals surface area (Å²) in [5.41, 5.74) is 2.01. The fraction of sp³-hybridized carbons (Fsp3) is 0.385. The highest BCUT2D eigenvalue weighted by atomic mass is 16.3.